The van der Waals surface area contributed by atoms with Crippen LogP contribution in [0.5, 0.6) is 0 Å². The Labute approximate surface area is 279 Å². The number of aliphatic hydroxyl groups is 2. The van der Waals surface area contributed by atoms with E-state index in [2.05, 4.69) is 63.1 Å². The molecule has 2 fully saturated rings. The van der Waals surface area contributed by atoms with Gasteiger partial charge in [-0.2, -0.15) is 5.06 Å². The van der Waals surface area contributed by atoms with E-state index in [4.69, 9.17) is 9.94 Å². The number of carbonyl (C=O) groups is 2. The van der Waals surface area contributed by atoms with Gasteiger partial charge in [0.25, 0.3) is 0 Å². The van der Waals surface area contributed by atoms with Crippen molar-refractivity contribution in [3.63, 3.8) is 0 Å². The lowest BCUT2D eigenvalue weighted by molar-refractivity contribution is -0.192. The van der Waals surface area contributed by atoms with Crippen LogP contribution in [-0.4, -0.2) is 63.7 Å². The smallest absolute Gasteiger partial charge is 0.304 e. The maximum absolute atomic E-state index is 14.2. The number of rotatable bonds is 10. The van der Waals surface area contributed by atoms with Gasteiger partial charge < -0.3 is 20.6 Å². The molecule has 8 nitrogen and oxygen atoms in total. The van der Waals surface area contributed by atoms with Crippen molar-refractivity contribution < 1.29 is 29.7 Å². The number of aliphatic hydroxyl groups excluding tert-OH is 2. The molecule has 1 amide bonds. The van der Waals surface area contributed by atoms with Crippen molar-refractivity contribution in [1.82, 2.24) is 10.4 Å². The Morgan fingerprint density at radius 2 is 1.89 bits per heavy atom. The lowest BCUT2D eigenvalue weighted by Gasteiger charge is -2.55. The molecular formula is C39H52N2O6. The number of aryl methyl sites for hydroxylation is 1. The lowest BCUT2D eigenvalue weighted by Crippen LogP contribution is -2.55. The summed E-state index contributed by atoms with van der Waals surface area (Å²) >= 11 is 0. The van der Waals surface area contributed by atoms with E-state index in [9.17, 15) is 19.8 Å². The molecule has 8 heteroatoms. The van der Waals surface area contributed by atoms with E-state index >= 15 is 0 Å². The first kappa shape index (κ1) is 35.1. The predicted octanol–water partition coefficient (Wildman–Crippen LogP) is 5.33. The van der Waals surface area contributed by atoms with Gasteiger partial charge in [0.05, 0.1) is 25.7 Å². The van der Waals surface area contributed by atoms with Crippen LogP contribution >= 0.6 is 0 Å². The Bertz CT molecular complexity index is 1510. The second-order valence-electron chi connectivity index (χ2n) is 14.8. The van der Waals surface area contributed by atoms with Gasteiger partial charge in [0.2, 0.25) is 5.91 Å². The third-order valence-corrected chi connectivity index (χ3v) is 11.2. The predicted molar refractivity (Wildman–Crippen MR) is 181 cm³/mol. The quantitative estimate of drug-likeness (QED) is 0.258. The van der Waals surface area contributed by atoms with Crippen LogP contribution in [0.15, 0.2) is 42.5 Å². The lowest BCUT2D eigenvalue weighted by atomic mass is 9.49. The summed E-state index contributed by atoms with van der Waals surface area (Å²) in [6.45, 7) is 11.3. The normalized spacial score (nSPS) is 29.4. The van der Waals surface area contributed by atoms with Crippen molar-refractivity contribution in [3.8, 4) is 11.8 Å². The van der Waals surface area contributed by atoms with Gasteiger partial charge in [-0.05, 0) is 83.6 Å². The molecule has 254 valence electrons. The maximum Gasteiger partial charge on any atom is 0.304 e. The van der Waals surface area contributed by atoms with Crippen LogP contribution in [0.2, 0.25) is 0 Å². The number of carboxylic acids is 1. The van der Waals surface area contributed by atoms with Crippen molar-refractivity contribution in [3.05, 3.63) is 70.3 Å². The molecule has 0 radical (unpaired) electrons. The zero-order chi connectivity index (χ0) is 33.9. The molecule has 47 heavy (non-hydrogen) atoms. The number of nitrogens with one attached hydrogen (secondary N) is 1. The minimum Gasteiger partial charge on any atom is -0.481 e. The number of fused-ring (bicyclic) bond motifs is 3. The van der Waals surface area contributed by atoms with Gasteiger partial charge in [-0.25, -0.2) is 0 Å². The van der Waals surface area contributed by atoms with Crippen LogP contribution in [0.1, 0.15) is 107 Å². The summed E-state index contributed by atoms with van der Waals surface area (Å²) in [6, 6.07) is 13.8. The summed E-state index contributed by atoms with van der Waals surface area (Å²) in [4.78, 5) is 31.3. The van der Waals surface area contributed by atoms with Crippen LogP contribution in [0.3, 0.4) is 0 Å². The van der Waals surface area contributed by atoms with Gasteiger partial charge in [0, 0.05) is 24.4 Å². The minimum atomic E-state index is -0.897. The molecule has 2 aromatic carbocycles. The van der Waals surface area contributed by atoms with Crippen LogP contribution in [0.4, 0.5) is 0 Å². The molecular weight excluding hydrogens is 592 g/mol. The standard InChI is InChI=1S/C39H52N2O6/c1-25(2)28-15-17-32-29(21-28)16-18-33-38(4,19-10-20-39(32,33)5)24-40-37(46)35-31(23-42)36(26(3)43)47-41(35)22-30-13-7-6-11-27(30)12-8-9-14-34(44)45/h6-7,11,13,15,17,21,25-26,31,33,35-36,42-43H,9-10,14,16,18-20,22-24H2,1-5H3,(H,40,46)(H,44,45)/t26?,31-,33+,35-,36-,38+,39-/m1/s1. The van der Waals surface area contributed by atoms with Crippen LogP contribution in [-0.2, 0) is 32.8 Å². The number of aliphatic carboxylic acids is 1. The average molecular weight is 645 g/mol. The molecule has 5 rings (SSSR count). The van der Waals surface area contributed by atoms with E-state index in [1.54, 1.807) is 12.0 Å². The Morgan fingerprint density at radius 3 is 2.60 bits per heavy atom. The molecule has 7 atom stereocenters. The maximum atomic E-state index is 14.2. The Balaban J connectivity index is 1.35. The molecule has 4 N–H and O–H groups in total. The highest BCUT2D eigenvalue weighted by Crippen LogP contribution is 2.57. The third-order valence-electron chi connectivity index (χ3n) is 11.2. The summed E-state index contributed by atoms with van der Waals surface area (Å²) in [5.74, 6) is 5.18. The van der Waals surface area contributed by atoms with E-state index in [0.29, 0.717) is 23.9 Å². The highest BCUT2D eigenvalue weighted by atomic mass is 16.7. The fraction of sp³-hybridized carbons (Fsp3) is 0.590. The fourth-order valence-corrected chi connectivity index (χ4v) is 8.69. The molecule has 3 aliphatic rings. The molecule has 1 saturated heterocycles. The third kappa shape index (κ3) is 7.29. The minimum absolute atomic E-state index is 0.0363. The monoisotopic (exact) mass is 644 g/mol. The number of benzene rings is 2. The van der Waals surface area contributed by atoms with Crippen LogP contribution in [0, 0.1) is 29.1 Å². The van der Waals surface area contributed by atoms with Gasteiger partial charge in [-0.1, -0.05) is 82.4 Å². The van der Waals surface area contributed by atoms with Gasteiger partial charge in [0.15, 0.2) is 0 Å². The second kappa shape index (κ2) is 14.5. The van der Waals surface area contributed by atoms with Crippen molar-refractivity contribution in [2.75, 3.05) is 13.2 Å². The highest BCUT2D eigenvalue weighted by molar-refractivity contribution is 5.82. The summed E-state index contributed by atoms with van der Waals surface area (Å²) in [7, 11) is 0. The fourth-order valence-electron chi connectivity index (χ4n) is 8.69. The number of hydroxylamine groups is 2. The second-order valence-corrected chi connectivity index (χ2v) is 14.8. The molecule has 0 aromatic heterocycles. The van der Waals surface area contributed by atoms with E-state index in [-0.39, 0.29) is 42.7 Å². The van der Waals surface area contributed by atoms with E-state index < -0.39 is 30.1 Å². The topological polar surface area (TPSA) is 119 Å². The average Bonchev–Trinajstić information content (AvgIpc) is 3.41. The summed E-state index contributed by atoms with van der Waals surface area (Å²) in [5.41, 5.74) is 5.81. The first-order valence-corrected chi connectivity index (χ1v) is 17.3. The van der Waals surface area contributed by atoms with E-state index in [0.717, 1.165) is 37.7 Å². The number of nitrogens with zero attached hydrogens (tertiary/aromatic N) is 1. The number of carboxylic acid groups (broad SMARTS) is 1. The highest BCUT2D eigenvalue weighted by Gasteiger charge is 2.53. The molecule has 1 saturated carbocycles. The molecule has 2 aliphatic carbocycles. The van der Waals surface area contributed by atoms with E-state index in [1.165, 1.54) is 16.7 Å². The van der Waals surface area contributed by atoms with Crippen molar-refractivity contribution >= 4 is 11.9 Å². The molecule has 1 aliphatic heterocycles. The summed E-state index contributed by atoms with van der Waals surface area (Å²) in [6.07, 6.45) is 3.95. The van der Waals surface area contributed by atoms with Crippen molar-refractivity contribution in [1.29, 1.82) is 0 Å². The zero-order valence-corrected chi connectivity index (χ0v) is 28.6. The molecule has 1 heterocycles. The molecule has 0 bridgehead atoms. The van der Waals surface area contributed by atoms with Gasteiger partial charge in [-0.15, -0.1) is 0 Å². The van der Waals surface area contributed by atoms with Gasteiger partial charge in [-0.3, -0.25) is 14.4 Å². The number of hydrogen-bond acceptors (Lipinski definition) is 6. The SMILES string of the molecule is CC(C)c1ccc2c(c1)CC[C@H]1[C@](C)(CNC(=O)[C@H]3[C@@H](CO)[C@@H](C(C)O)ON3Cc3ccccc3C#CCCC(=O)O)CCC[C@]21C. The van der Waals surface area contributed by atoms with Crippen LogP contribution in [0.25, 0.3) is 0 Å². The molecule has 1 unspecified atom stereocenters. The number of hydrogen-bond donors (Lipinski definition) is 4. The first-order valence-electron chi connectivity index (χ1n) is 17.3. The van der Waals surface area contributed by atoms with E-state index in [1.807, 2.05) is 24.3 Å². The number of amides is 1. The first-order chi connectivity index (χ1) is 22.4. The Morgan fingerprint density at radius 1 is 1.13 bits per heavy atom. The van der Waals surface area contributed by atoms with Crippen molar-refractivity contribution in [2.24, 2.45) is 17.3 Å². The van der Waals surface area contributed by atoms with Crippen LogP contribution < -0.4 is 5.32 Å². The Hall–Kier alpha value is -3.22. The number of carbonyl (C=O) groups excluding carboxylic acids is 1. The largest absolute Gasteiger partial charge is 0.481 e. The van der Waals surface area contributed by atoms with Gasteiger partial charge in [0.1, 0.15) is 12.1 Å². The zero-order valence-electron chi connectivity index (χ0n) is 28.6. The summed E-state index contributed by atoms with van der Waals surface area (Å²) < 4.78 is 0. The molecule has 2 aromatic rings. The molecule has 0 spiro atoms. The Kier molecular flexibility index (Phi) is 10.8. The summed E-state index contributed by atoms with van der Waals surface area (Å²) in [5, 5.41) is 34.9. The van der Waals surface area contributed by atoms with Crippen molar-refractivity contribution in [2.45, 2.75) is 116 Å². The van der Waals surface area contributed by atoms with Gasteiger partial charge >= 0.3 is 5.97 Å².